The zero-order chi connectivity index (χ0) is 23.7. The smallest absolute Gasteiger partial charge is 0.226 e. The SMILES string of the molecule is CCN1CCc2c(sc(NC(=O)CCS(=O)(=O)c3ccccc3)c2-c2nc3ccccc3s2)C1. The van der Waals surface area contributed by atoms with Gasteiger partial charge in [-0.15, -0.1) is 22.7 Å². The molecular weight excluding hydrogens is 486 g/mol. The van der Waals surface area contributed by atoms with Gasteiger partial charge in [0.2, 0.25) is 5.91 Å². The summed E-state index contributed by atoms with van der Waals surface area (Å²) in [7, 11) is -3.51. The number of aromatic nitrogens is 1. The fraction of sp³-hybridized carbons (Fsp3) is 0.280. The van der Waals surface area contributed by atoms with Gasteiger partial charge in [0.05, 0.1) is 20.9 Å². The van der Waals surface area contributed by atoms with E-state index >= 15 is 0 Å². The van der Waals surface area contributed by atoms with Gasteiger partial charge in [0, 0.05) is 30.0 Å². The normalized spacial score (nSPS) is 14.3. The fourth-order valence-corrected chi connectivity index (χ4v) is 7.86. The monoisotopic (exact) mass is 511 g/mol. The maximum atomic E-state index is 12.9. The zero-order valence-corrected chi connectivity index (χ0v) is 21.2. The topological polar surface area (TPSA) is 79.4 Å². The van der Waals surface area contributed by atoms with Crippen LogP contribution in [0.2, 0.25) is 0 Å². The fourth-order valence-electron chi connectivity index (χ4n) is 4.18. The highest BCUT2D eigenvalue weighted by atomic mass is 32.2. The molecule has 0 aliphatic carbocycles. The molecule has 4 aromatic rings. The summed E-state index contributed by atoms with van der Waals surface area (Å²) in [6.07, 6.45) is 0.809. The van der Waals surface area contributed by atoms with Gasteiger partial charge in [0.1, 0.15) is 10.0 Å². The molecule has 0 bridgehead atoms. The summed E-state index contributed by atoms with van der Waals surface area (Å²) < 4.78 is 26.3. The average molecular weight is 512 g/mol. The number of anilines is 1. The summed E-state index contributed by atoms with van der Waals surface area (Å²) in [6.45, 7) is 4.96. The molecule has 2 aromatic carbocycles. The molecule has 3 heterocycles. The maximum absolute atomic E-state index is 12.9. The second-order valence-electron chi connectivity index (χ2n) is 8.24. The summed E-state index contributed by atoms with van der Waals surface area (Å²) in [5.74, 6) is -0.526. The van der Waals surface area contributed by atoms with Crippen molar-refractivity contribution in [3.05, 3.63) is 65.0 Å². The number of amides is 1. The molecule has 0 spiro atoms. The molecule has 1 aliphatic rings. The van der Waals surface area contributed by atoms with Gasteiger partial charge >= 0.3 is 0 Å². The Hall–Kier alpha value is -2.59. The molecule has 5 rings (SSSR count). The van der Waals surface area contributed by atoms with E-state index in [4.69, 9.17) is 4.98 Å². The highest BCUT2D eigenvalue weighted by molar-refractivity contribution is 7.91. The first-order valence-electron chi connectivity index (χ1n) is 11.2. The van der Waals surface area contributed by atoms with E-state index in [1.807, 2.05) is 18.2 Å². The number of likely N-dealkylation sites (N-methyl/N-ethyl adjacent to an activating group) is 1. The van der Waals surface area contributed by atoms with Crippen LogP contribution in [0.25, 0.3) is 20.8 Å². The molecule has 176 valence electrons. The van der Waals surface area contributed by atoms with Gasteiger partial charge in [-0.05, 0) is 42.8 Å². The second-order valence-corrected chi connectivity index (χ2v) is 12.5. The van der Waals surface area contributed by atoms with Gasteiger partial charge in [-0.2, -0.15) is 0 Å². The first-order chi connectivity index (χ1) is 16.4. The summed E-state index contributed by atoms with van der Waals surface area (Å²) >= 11 is 3.21. The number of carbonyl (C=O) groups is 1. The van der Waals surface area contributed by atoms with Crippen LogP contribution in [0.1, 0.15) is 23.8 Å². The Morgan fingerprint density at radius 3 is 2.62 bits per heavy atom. The lowest BCUT2D eigenvalue weighted by Crippen LogP contribution is -2.29. The molecular formula is C25H25N3O3S3. The Kier molecular flexibility index (Phi) is 6.52. The predicted molar refractivity (Wildman–Crippen MR) is 139 cm³/mol. The van der Waals surface area contributed by atoms with E-state index in [0.29, 0.717) is 0 Å². The number of benzene rings is 2. The number of thiophene rings is 1. The molecule has 1 N–H and O–H groups in total. The van der Waals surface area contributed by atoms with Gasteiger partial charge in [-0.25, -0.2) is 13.4 Å². The first kappa shape index (κ1) is 23.2. The van der Waals surface area contributed by atoms with Crippen molar-refractivity contribution in [2.45, 2.75) is 31.2 Å². The summed E-state index contributed by atoms with van der Waals surface area (Å²) in [5, 5.41) is 4.70. The predicted octanol–water partition coefficient (Wildman–Crippen LogP) is 5.21. The molecule has 1 aliphatic heterocycles. The van der Waals surface area contributed by atoms with Crippen LogP contribution in [0.3, 0.4) is 0 Å². The number of para-hydroxylation sites is 1. The molecule has 0 unspecified atom stereocenters. The van der Waals surface area contributed by atoms with Crippen molar-refractivity contribution in [2.24, 2.45) is 0 Å². The second kappa shape index (κ2) is 9.58. The summed E-state index contributed by atoms with van der Waals surface area (Å²) in [5.41, 5.74) is 3.19. The van der Waals surface area contributed by atoms with Crippen LogP contribution in [0.15, 0.2) is 59.5 Å². The zero-order valence-electron chi connectivity index (χ0n) is 18.8. The molecule has 0 saturated heterocycles. The lowest BCUT2D eigenvalue weighted by Gasteiger charge is -2.25. The third kappa shape index (κ3) is 4.65. The van der Waals surface area contributed by atoms with Crippen LogP contribution >= 0.6 is 22.7 Å². The quantitative estimate of drug-likeness (QED) is 0.369. The molecule has 0 radical (unpaired) electrons. The lowest BCUT2D eigenvalue weighted by atomic mass is 10.0. The van der Waals surface area contributed by atoms with Crippen molar-refractivity contribution in [3.8, 4) is 10.6 Å². The lowest BCUT2D eigenvalue weighted by molar-refractivity contribution is -0.115. The van der Waals surface area contributed by atoms with Crippen LogP contribution in [0.4, 0.5) is 5.00 Å². The minimum Gasteiger partial charge on any atom is -0.317 e. The number of fused-ring (bicyclic) bond motifs is 2. The molecule has 2 aromatic heterocycles. The van der Waals surface area contributed by atoms with Crippen LogP contribution in [0, 0.1) is 0 Å². The van der Waals surface area contributed by atoms with Crippen LogP contribution in [-0.2, 0) is 27.6 Å². The third-order valence-electron chi connectivity index (χ3n) is 6.04. The van der Waals surface area contributed by atoms with Gasteiger partial charge in [0.15, 0.2) is 9.84 Å². The molecule has 0 atom stereocenters. The summed E-state index contributed by atoms with van der Waals surface area (Å²) in [4.78, 5) is 21.6. The van der Waals surface area contributed by atoms with E-state index in [0.717, 1.165) is 51.8 Å². The standard InChI is InChI=1S/C25H25N3O3S3/c1-2-28-14-12-18-21(16-28)33-25(23(18)24-26-19-10-6-7-11-20(19)32-24)27-22(29)13-15-34(30,31)17-8-4-3-5-9-17/h3-11H,2,12-16H2,1H3,(H,27,29). The van der Waals surface area contributed by atoms with Crippen molar-refractivity contribution in [1.29, 1.82) is 0 Å². The minimum atomic E-state index is -3.51. The van der Waals surface area contributed by atoms with Crippen LogP contribution in [0.5, 0.6) is 0 Å². The largest absolute Gasteiger partial charge is 0.317 e. The highest BCUT2D eigenvalue weighted by Gasteiger charge is 2.27. The Bertz CT molecular complexity index is 1410. The molecule has 9 heteroatoms. The molecule has 6 nitrogen and oxygen atoms in total. The van der Waals surface area contributed by atoms with E-state index in [2.05, 4.69) is 23.2 Å². The van der Waals surface area contributed by atoms with Crippen molar-refractivity contribution in [2.75, 3.05) is 24.2 Å². The van der Waals surface area contributed by atoms with E-state index < -0.39 is 9.84 Å². The number of carbonyl (C=O) groups excluding carboxylic acids is 1. The highest BCUT2D eigenvalue weighted by Crippen LogP contribution is 2.45. The molecule has 34 heavy (non-hydrogen) atoms. The van der Waals surface area contributed by atoms with Crippen LogP contribution < -0.4 is 5.32 Å². The Labute approximate surface area is 207 Å². The molecule has 0 fully saturated rings. The first-order valence-corrected chi connectivity index (χ1v) is 14.5. The van der Waals surface area contributed by atoms with Crippen molar-refractivity contribution in [3.63, 3.8) is 0 Å². The van der Waals surface area contributed by atoms with Crippen LogP contribution in [-0.4, -0.2) is 43.1 Å². The van der Waals surface area contributed by atoms with Gasteiger partial charge < -0.3 is 5.32 Å². The number of hydrogen-bond donors (Lipinski definition) is 1. The third-order valence-corrected chi connectivity index (χ3v) is 9.96. The molecule has 1 amide bonds. The average Bonchev–Trinajstić information content (AvgIpc) is 3.43. The number of nitrogens with zero attached hydrogens (tertiary/aromatic N) is 2. The minimum absolute atomic E-state index is 0.0971. The van der Waals surface area contributed by atoms with E-state index in [-0.39, 0.29) is 23.0 Å². The van der Waals surface area contributed by atoms with E-state index in [1.165, 1.54) is 10.4 Å². The van der Waals surface area contributed by atoms with Crippen molar-refractivity contribution >= 4 is 53.6 Å². The summed E-state index contributed by atoms with van der Waals surface area (Å²) in [6, 6.07) is 16.3. The number of hydrogen-bond acceptors (Lipinski definition) is 7. The Balaban J connectivity index is 1.43. The van der Waals surface area contributed by atoms with E-state index in [1.54, 1.807) is 53.0 Å². The Morgan fingerprint density at radius 2 is 1.85 bits per heavy atom. The van der Waals surface area contributed by atoms with Crippen molar-refractivity contribution in [1.82, 2.24) is 9.88 Å². The Morgan fingerprint density at radius 1 is 1.09 bits per heavy atom. The van der Waals surface area contributed by atoms with Gasteiger partial charge in [0.25, 0.3) is 0 Å². The number of thiazole rings is 1. The van der Waals surface area contributed by atoms with Gasteiger partial charge in [-0.3, -0.25) is 9.69 Å². The maximum Gasteiger partial charge on any atom is 0.226 e. The van der Waals surface area contributed by atoms with E-state index in [9.17, 15) is 13.2 Å². The number of rotatable bonds is 7. The number of sulfone groups is 1. The number of nitrogens with one attached hydrogen (secondary N) is 1. The molecule has 0 saturated carbocycles. The van der Waals surface area contributed by atoms with Gasteiger partial charge in [-0.1, -0.05) is 37.3 Å². The van der Waals surface area contributed by atoms with Crippen molar-refractivity contribution < 1.29 is 13.2 Å².